The lowest BCUT2D eigenvalue weighted by atomic mass is 10.1. The summed E-state index contributed by atoms with van der Waals surface area (Å²) in [6.07, 6.45) is 2.14. The number of aliphatic carboxylic acids is 1. The lowest BCUT2D eigenvalue weighted by Gasteiger charge is -2.44. The Morgan fingerprint density at radius 1 is 0.962 bits per heavy atom. The van der Waals surface area contributed by atoms with Gasteiger partial charge in [0.15, 0.2) is 0 Å². The van der Waals surface area contributed by atoms with Crippen molar-refractivity contribution in [3.63, 3.8) is 0 Å². The molecule has 1 fully saturated rings. The average molecular weight is 369 g/mol. The van der Waals surface area contributed by atoms with E-state index in [1.807, 2.05) is 12.1 Å². The molecule has 1 N–H and O–H groups in total. The van der Waals surface area contributed by atoms with Crippen molar-refractivity contribution in [2.24, 2.45) is 5.92 Å². The fourth-order valence-corrected chi connectivity index (χ4v) is 8.94. The first-order valence-corrected chi connectivity index (χ1v) is 11.3. The van der Waals surface area contributed by atoms with E-state index in [0.29, 0.717) is 12.8 Å². The summed E-state index contributed by atoms with van der Waals surface area (Å²) in [5, 5.41) is 11.8. The largest absolute Gasteiger partial charge is 0.481 e. The number of carboxylic acid groups (broad SMARTS) is 1. The molecular formula is C22H28O3Si. The fourth-order valence-electron chi connectivity index (χ4n) is 4.21. The van der Waals surface area contributed by atoms with Crippen LogP contribution in [0.1, 0.15) is 40.0 Å². The van der Waals surface area contributed by atoms with Crippen molar-refractivity contribution in [3.8, 4) is 0 Å². The number of hydrogen-bond acceptors (Lipinski definition) is 2. The highest BCUT2D eigenvalue weighted by atomic mass is 28.4. The van der Waals surface area contributed by atoms with Gasteiger partial charge in [-0.1, -0.05) is 81.4 Å². The Morgan fingerprint density at radius 3 is 1.85 bits per heavy atom. The topological polar surface area (TPSA) is 46.5 Å². The van der Waals surface area contributed by atoms with Crippen LogP contribution in [0.3, 0.4) is 0 Å². The Hall–Kier alpha value is -1.91. The van der Waals surface area contributed by atoms with Crippen molar-refractivity contribution < 1.29 is 14.3 Å². The molecule has 1 aliphatic rings. The zero-order valence-corrected chi connectivity index (χ0v) is 16.8. The number of carboxylic acids is 1. The van der Waals surface area contributed by atoms with E-state index < -0.39 is 14.3 Å². The molecule has 2 aromatic rings. The van der Waals surface area contributed by atoms with Gasteiger partial charge in [-0.3, -0.25) is 4.79 Å². The van der Waals surface area contributed by atoms with Crippen molar-refractivity contribution in [3.05, 3.63) is 60.7 Å². The van der Waals surface area contributed by atoms with Crippen molar-refractivity contribution >= 4 is 24.7 Å². The van der Waals surface area contributed by atoms with Crippen LogP contribution in [0.15, 0.2) is 60.7 Å². The van der Waals surface area contributed by atoms with E-state index in [1.165, 1.54) is 10.4 Å². The molecule has 3 rings (SSSR count). The predicted molar refractivity (Wildman–Crippen MR) is 107 cm³/mol. The van der Waals surface area contributed by atoms with Crippen LogP contribution in [0.4, 0.5) is 0 Å². The Bertz CT molecular complexity index is 697. The summed E-state index contributed by atoms with van der Waals surface area (Å²) in [7, 11) is -2.57. The van der Waals surface area contributed by atoms with Gasteiger partial charge in [0.2, 0.25) is 0 Å². The molecule has 4 heteroatoms. The second-order valence-electron chi connectivity index (χ2n) is 8.25. The first kappa shape index (κ1) is 18.9. The summed E-state index contributed by atoms with van der Waals surface area (Å²) in [5.74, 6) is -0.975. The predicted octanol–water partition coefficient (Wildman–Crippen LogP) is 3.82. The van der Waals surface area contributed by atoms with Crippen molar-refractivity contribution in [1.82, 2.24) is 0 Å². The molecule has 0 heterocycles. The third kappa shape index (κ3) is 3.48. The zero-order valence-electron chi connectivity index (χ0n) is 15.8. The second kappa shape index (κ2) is 7.37. The van der Waals surface area contributed by atoms with E-state index in [0.717, 1.165) is 6.42 Å². The quantitative estimate of drug-likeness (QED) is 0.816. The lowest BCUT2D eigenvalue weighted by molar-refractivity contribution is -0.141. The van der Waals surface area contributed by atoms with Gasteiger partial charge in [0.25, 0.3) is 8.32 Å². The molecule has 2 unspecified atom stereocenters. The van der Waals surface area contributed by atoms with Gasteiger partial charge in [0.1, 0.15) is 0 Å². The average Bonchev–Trinajstić information content (AvgIpc) is 3.09. The van der Waals surface area contributed by atoms with E-state index in [2.05, 4.69) is 69.3 Å². The van der Waals surface area contributed by atoms with Crippen LogP contribution in [0.25, 0.3) is 0 Å². The van der Waals surface area contributed by atoms with Crippen molar-refractivity contribution in [1.29, 1.82) is 0 Å². The minimum Gasteiger partial charge on any atom is -0.481 e. The summed E-state index contributed by atoms with van der Waals surface area (Å²) in [6.45, 7) is 6.76. The number of carbonyl (C=O) groups is 1. The molecule has 0 radical (unpaired) electrons. The maximum Gasteiger partial charge on any atom is 0.306 e. The van der Waals surface area contributed by atoms with Crippen LogP contribution in [-0.2, 0) is 9.22 Å². The fraction of sp³-hybridized carbons (Fsp3) is 0.409. The molecule has 1 aliphatic carbocycles. The molecule has 0 aliphatic heterocycles. The zero-order chi connectivity index (χ0) is 18.8. The Kier molecular flexibility index (Phi) is 5.35. The van der Waals surface area contributed by atoms with Crippen LogP contribution >= 0.6 is 0 Å². The normalized spacial score (nSPS) is 20.9. The van der Waals surface area contributed by atoms with Gasteiger partial charge in [-0.15, -0.1) is 0 Å². The van der Waals surface area contributed by atoms with Gasteiger partial charge in [0.05, 0.1) is 5.92 Å². The molecule has 2 atom stereocenters. The molecule has 3 nitrogen and oxygen atoms in total. The Balaban J connectivity index is 2.08. The van der Waals surface area contributed by atoms with Gasteiger partial charge in [-0.05, 0) is 34.7 Å². The van der Waals surface area contributed by atoms with E-state index >= 15 is 0 Å². The molecule has 0 bridgehead atoms. The number of benzene rings is 2. The molecular weight excluding hydrogens is 340 g/mol. The molecule has 2 aromatic carbocycles. The minimum atomic E-state index is -2.57. The maximum absolute atomic E-state index is 11.4. The van der Waals surface area contributed by atoms with E-state index in [1.54, 1.807) is 0 Å². The van der Waals surface area contributed by atoms with Crippen LogP contribution in [-0.4, -0.2) is 25.5 Å². The molecule has 0 amide bonds. The van der Waals surface area contributed by atoms with Crippen LogP contribution in [0, 0.1) is 5.92 Å². The van der Waals surface area contributed by atoms with Gasteiger partial charge >= 0.3 is 5.97 Å². The van der Waals surface area contributed by atoms with E-state index in [-0.39, 0.29) is 17.1 Å². The van der Waals surface area contributed by atoms with Crippen molar-refractivity contribution in [2.45, 2.75) is 51.2 Å². The molecule has 0 saturated heterocycles. The maximum atomic E-state index is 11.4. The highest BCUT2D eigenvalue weighted by Gasteiger charge is 2.52. The minimum absolute atomic E-state index is 0.00223. The Morgan fingerprint density at radius 2 is 1.46 bits per heavy atom. The lowest BCUT2D eigenvalue weighted by Crippen LogP contribution is -2.67. The molecule has 138 valence electrons. The van der Waals surface area contributed by atoms with Crippen LogP contribution < -0.4 is 10.4 Å². The summed E-state index contributed by atoms with van der Waals surface area (Å²) in [6, 6.07) is 21.1. The van der Waals surface area contributed by atoms with Gasteiger partial charge in [-0.2, -0.15) is 0 Å². The Labute approximate surface area is 157 Å². The van der Waals surface area contributed by atoms with E-state index in [9.17, 15) is 9.90 Å². The first-order chi connectivity index (χ1) is 12.3. The molecule has 0 aromatic heterocycles. The summed E-state index contributed by atoms with van der Waals surface area (Å²) in [5.41, 5.74) is 0. The number of hydrogen-bond donors (Lipinski definition) is 1. The highest BCUT2D eigenvalue weighted by Crippen LogP contribution is 2.40. The standard InChI is InChI=1S/C22H28O3Si/c1-22(2,3)26(19-10-6-4-7-11-19,20-12-8-5-9-13-20)25-18-15-14-17(16-18)21(23)24/h4-13,17-18H,14-16H2,1-3H3,(H,23,24). The third-order valence-electron chi connectivity index (χ3n) is 5.49. The third-order valence-corrected chi connectivity index (χ3v) is 10.6. The smallest absolute Gasteiger partial charge is 0.306 e. The van der Waals surface area contributed by atoms with E-state index in [4.69, 9.17) is 4.43 Å². The van der Waals surface area contributed by atoms with Crippen LogP contribution in [0.2, 0.25) is 5.04 Å². The monoisotopic (exact) mass is 368 g/mol. The number of rotatable bonds is 5. The van der Waals surface area contributed by atoms with Gasteiger partial charge < -0.3 is 9.53 Å². The van der Waals surface area contributed by atoms with Gasteiger partial charge in [0, 0.05) is 6.10 Å². The summed E-state index contributed by atoms with van der Waals surface area (Å²) in [4.78, 5) is 11.4. The SMILES string of the molecule is CC(C)(C)[Si](OC1CCC(C(=O)O)C1)(c1ccccc1)c1ccccc1. The summed E-state index contributed by atoms with van der Waals surface area (Å²) >= 11 is 0. The van der Waals surface area contributed by atoms with Gasteiger partial charge in [-0.25, -0.2) is 0 Å². The first-order valence-electron chi connectivity index (χ1n) is 9.36. The molecule has 1 saturated carbocycles. The second-order valence-corrected chi connectivity index (χ2v) is 12.5. The molecule has 26 heavy (non-hydrogen) atoms. The molecule has 0 spiro atoms. The summed E-state index contributed by atoms with van der Waals surface area (Å²) < 4.78 is 6.99. The van der Waals surface area contributed by atoms with Crippen molar-refractivity contribution in [2.75, 3.05) is 0 Å². The highest BCUT2D eigenvalue weighted by molar-refractivity contribution is 6.99. The van der Waals surface area contributed by atoms with Crippen LogP contribution in [0.5, 0.6) is 0 Å².